The third-order valence-electron chi connectivity index (χ3n) is 11.3. The number of benzene rings is 7. The summed E-state index contributed by atoms with van der Waals surface area (Å²) in [7, 11) is 6.94. The number of phenols is 1. The van der Waals surface area contributed by atoms with Crippen molar-refractivity contribution in [2.75, 3.05) is 33.6 Å². The molecule has 0 bridgehead atoms. The summed E-state index contributed by atoms with van der Waals surface area (Å²) in [6.07, 6.45) is 2.04. The molecule has 0 fully saturated rings. The number of phenolic OH excluding ortho intramolecular Hbond substituents is 1. The van der Waals surface area contributed by atoms with Crippen molar-refractivity contribution in [3.05, 3.63) is 252 Å². The van der Waals surface area contributed by atoms with Gasteiger partial charge in [0.25, 0.3) is 0 Å². The second-order valence-electron chi connectivity index (χ2n) is 20.2. The minimum atomic E-state index is -0.464. The Kier molecular flexibility index (Phi) is 33.9. The lowest BCUT2D eigenvalue weighted by Crippen LogP contribution is -2.27. The lowest BCUT2D eigenvalue weighted by molar-refractivity contribution is 0.0592. The number of aromatic nitrogens is 1. The maximum absolute atomic E-state index is 12.4. The van der Waals surface area contributed by atoms with Crippen molar-refractivity contribution in [3.63, 3.8) is 0 Å². The minimum absolute atomic E-state index is 0.105. The number of hydrogen-bond donors (Lipinski definition) is 2. The molecule has 1 aromatic heterocycles. The van der Waals surface area contributed by atoms with Gasteiger partial charge in [0.15, 0.2) is 0 Å². The Bertz CT molecular complexity index is 3180. The van der Waals surface area contributed by atoms with Gasteiger partial charge < -0.3 is 28.7 Å². The van der Waals surface area contributed by atoms with Crippen LogP contribution in [0.1, 0.15) is 113 Å². The molecular weight excluding hydrogens is 1090 g/mol. The SMILES string of the molecule is COC(=O)c1ccc(C)cc1.COC(=O)c1cccc(C)c1.Cc1cc(Cl)ccc1C=O.Cc1cc(O)ccc1F.Cc1ccc(Cl)cc1C.Cc1cccc(NC(=O)OC(C)(C)C)c1.Cc1ccccc1CN(C)C.Cc1conc1C. The molecule has 0 saturated carbocycles. The van der Waals surface area contributed by atoms with Gasteiger partial charge in [-0.15, -0.1) is 0 Å². The minimum Gasteiger partial charge on any atom is -0.508 e. The van der Waals surface area contributed by atoms with Crippen LogP contribution in [0.3, 0.4) is 0 Å². The summed E-state index contributed by atoms with van der Waals surface area (Å²) in [6, 6.07) is 45.7. The number of anilines is 1. The van der Waals surface area contributed by atoms with Gasteiger partial charge in [0.2, 0.25) is 0 Å². The van der Waals surface area contributed by atoms with Crippen molar-refractivity contribution in [1.82, 2.24) is 10.1 Å². The van der Waals surface area contributed by atoms with E-state index in [2.05, 4.69) is 88.5 Å². The highest BCUT2D eigenvalue weighted by Crippen LogP contribution is 2.17. The monoisotopic (exact) mass is 1170 g/mol. The number of esters is 2. The largest absolute Gasteiger partial charge is 0.508 e. The summed E-state index contributed by atoms with van der Waals surface area (Å²) < 4.78 is 31.2. The van der Waals surface area contributed by atoms with Crippen LogP contribution in [0.25, 0.3) is 0 Å². The molecule has 15 heteroatoms. The van der Waals surface area contributed by atoms with E-state index in [9.17, 15) is 23.6 Å². The molecular formula is C68H82Cl2FN3O9. The first-order valence-corrected chi connectivity index (χ1v) is 27.1. The van der Waals surface area contributed by atoms with Gasteiger partial charge in [-0.05, 0) is 228 Å². The van der Waals surface area contributed by atoms with Crippen molar-refractivity contribution < 1.29 is 47.4 Å². The predicted molar refractivity (Wildman–Crippen MR) is 336 cm³/mol. The van der Waals surface area contributed by atoms with Crippen LogP contribution in [0.15, 0.2) is 162 Å². The van der Waals surface area contributed by atoms with Crippen LogP contribution in [0.4, 0.5) is 14.9 Å². The quantitative estimate of drug-likeness (QED) is 0.0927. The van der Waals surface area contributed by atoms with Gasteiger partial charge >= 0.3 is 18.0 Å². The number of ether oxygens (including phenoxy) is 3. The lowest BCUT2D eigenvalue weighted by atomic mass is 10.1. The van der Waals surface area contributed by atoms with Crippen LogP contribution in [0.5, 0.6) is 5.75 Å². The summed E-state index contributed by atoms with van der Waals surface area (Å²) in [5, 5.41) is 16.6. The molecule has 0 aliphatic carbocycles. The van der Waals surface area contributed by atoms with E-state index in [1.54, 1.807) is 55.7 Å². The second kappa shape index (κ2) is 38.6. The van der Waals surface area contributed by atoms with E-state index in [4.69, 9.17) is 33.0 Å². The number of carbonyl (C=O) groups is 4. The molecule has 0 saturated heterocycles. The zero-order valence-electron chi connectivity index (χ0n) is 51.0. The smallest absolute Gasteiger partial charge is 0.412 e. The zero-order valence-corrected chi connectivity index (χ0v) is 52.5. The number of amides is 1. The van der Waals surface area contributed by atoms with Crippen molar-refractivity contribution in [2.45, 2.75) is 102 Å². The van der Waals surface area contributed by atoms with Gasteiger partial charge in [-0.2, -0.15) is 0 Å². The average Bonchev–Trinajstić information content (AvgIpc) is 3.81. The van der Waals surface area contributed by atoms with Crippen LogP contribution >= 0.6 is 23.2 Å². The number of nitrogens with one attached hydrogen (secondary N) is 1. The van der Waals surface area contributed by atoms with Crippen LogP contribution in [-0.4, -0.2) is 73.4 Å². The molecule has 0 aliphatic rings. The van der Waals surface area contributed by atoms with E-state index in [-0.39, 0.29) is 23.5 Å². The molecule has 8 aromatic rings. The predicted octanol–water partition coefficient (Wildman–Crippen LogP) is 17.5. The van der Waals surface area contributed by atoms with Gasteiger partial charge in [-0.1, -0.05) is 106 Å². The maximum Gasteiger partial charge on any atom is 0.412 e. The van der Waals surface area contributed by atoms with Crippen molar-refractivity contribution in [1.29, 1.82) is 0 Å². The number of aromatic hydroxyl groups is 1. The molecule has 7 aromatic carbocycles. The van der Waals surface area contributed by atoms with Gasteiger partial charge in [0.1, 0.15) is 29.7 Å². The van der Waals surface area contributed by atoms with Gasteiger partial charge in [0, 0.05) is 33.4 Å². The topological polar surface area (TPSA) is 158 Å². The Labute approximate surface area is 501 Å². The van der Waals surface area contributed by atoms with Crippen LogP contribution in [-0.2, 0) is 20.8 Å². The van der Waals surface area contributed by atoms with E-state index in [0.717, 1.165) is 57.1 Å². The van der Waals surface area contributed by atoms with Crippen LogP contribution in [0.2, 0.25) is 10.0 Å². The molecule has 0 unspecified atom stereocenters. The molecule has 2 N–H and O–H groups in total. The molecule has 0 atom stereocenters. The lowest BCUT2D eigenvalue weighted by Gasteiger charge is -2.19. The summed E-state index contributed by atoms with van der Waals surface area (Å²) in [4.78, 5) is 45.7. The van der Waals surface area contributed by atoms with Gasteiger partial charge in [-0.3, -0.25) is 10.1 Å². The molecule has 0 aliphatic heterocycles. The van der Waals surface area contributed by atoms with Crippen LogP contribution in [0, 0.1) is 75.1 Å². The fourth-order valence-corrected chi connectivity index (χ4v) is 6.87. The molecule has 1 amide bonds. The Morgan fingerprint density at radius 1 is 0.602 bits per heavy atom. The van der Waals surface area contributed by atoms with Crippen molar-refractivity contribution in [3.8, 4) is 5.75 Å². The Morgan fingerprint density at radius 3 is 1.61 bits per heavy atom. The maximum atomic E-state index is 12.4. The third kappa shape index (κ3) is 32.2. The molecule has 8 rings (SSSR count). The summed E-state index contributed by atoms with van der Waals surface area (Å²) in [5.41, 5.74) is 14.3. The third-order valence-corrected chi connectivity index (χ3v) is 11.8. The summed E-state index contributed by atoms with van der Waals surface area (Å²) in [6.45, 7) is 26.1. The van der Waals surface area contributed by atoms with E-state index in [1.807, 2.05) is 129 Å². The van der Waals surface area contributed by atoms with E-state index in [0.29, 0.717) is 27.3 Å². The highest BCUT2D eigenvalue weighted by Gasteiger charge is 2.16. The Balaban J connectivity index is 0.000000478. The molecule has 83 heavy (non-hydrogen) atoms. The number of methoxy groups -OCH3 is 2. The fourth-order valence-electron chi connectivity index (χ4n) is 6.42. The number of rotatable bonds is 6. The average molecular weight is 1180 g/mol. The van der Waals surface area contributed by atoms with Crippen molar-refractivity contribution in [2.24, 2.45) is 0 Å². The number of aldehydes is 1. The van der Waals surface area contributed by atoms with Crippen molar-refractivity contribution >= 4 is 53.2 Å². The first-order valence-electron chi connectivity index (χ1n) is 26.3. The van der Waals surface area contributed by atoms with Gasteiger partial charge in [0.05, 0.1) is 31.0 Å². The summed E-state index contributed by atoms with van der Waals surface area (Å²) in [5.74, 6) is -0.750. The molecule has 0 radical (unpaired) electrons. The first kappa shape index (κ1) is 72.9. The molecule has 1 heterocycles. The standard InChI is InChI=1S/C12H17NO2.C10H15N.2C9H10O2.C8H7ClO.C8H9Cl.C7H7FO.C5H7NO/c1-9-6-5-7-10(8-9)13-11(14)15-12(2,3)4;1-9-6-4-5-7-10(9)8-11(2)3;1-7-3-5-8(6-4-7)9(10)11-2;1-7-4-3-5-8(6-7)9(10)11-2;1-6-4-8(9)3-2-7(6)5-10;1-6-3-4-8(9)5-7(6)2;1-5-4-6(9)2-3-7(5)8;1-4-3-7-6-5(4)2/h5-8H,1-4H3,(H,13,14);4-7H,8H2,1-3H3;2*3-6H,1-2H3;2-5H,1H3;3-5H,1-2H3;2-4,9H,1H3;3H,1-2H3. The Morgan fingerprint density at radius 2 is 1.17 bits per heavy atom. The molecule has 444 valence electrons. The molecule has 0 spiro atoms. The number of halogens is 3. The second-order valence-corrected chi connectivity index (χ2v) is 21.1. The number of aryl methyl sites for hydroxylation is 10. The summed E-state index contributed by atoms with van der Waals surface area (Å²) >= 11 is 11.4. The first-order chi connectivity index (χ1) is 39.0. The normalized spacial score (nSPS) is 9.84. The number of hydrogen-bond acceptors (Lipinski definition) is 11. The Hall–Kier alpha value is -8.10. The van der Waals surface area contributed by atoms with Gasteiger partial charge in [-0.25, -0.2) is 18.8 Å². The highest BCUT2D eigenvalue weighted by molar-refractivity contribution is 6.31. The van der Waals surface area contributed by atoms with E-state index < -0.39 is 11.7 Å². The fraction of sp³-hybridized carbons (Fsp3) is 0.279. The molecule has 12 nitrogen and oxygen atoms in total. The highest BCUT2D eigenvalue weighted by atomic mass is 35.5. The number of carbonyl (C=O) groups excluding carboxylic acids is 4. The van der Waals surface area contributed by atoms with E-state index >= 15 is 0 Å². The number of nitrogens with zero attached hydrogens (tertiary/aromatic N) is 2. The van der Waals surface area contributed by atoms with E-state index in [1.165, 1.54) is 54.7 Å². The van der Waals surface area contributed by atoms with Crippen LogP contribution < -0.4 is 5.32 Å². The zero-order chi connectivity index (χ0) is 62.8.